The Bertz CT molecular complexity index is 508. The standard InChI is InChI=1S/C15H19F3N2S/c1-10-6-11(2)8-13(7-10)19-14(21)20-5-3-4-12(9-20)15(16,17)18/h6-8,12H,3-5,9H2,1-2H3,(H,19,21). The van der Waals surface area contributed by atoms with Gasteiger partial charge in [-0.3, -0.25) is 0 Å². The summed E-state index contributed by atoms with van der Waals surface area (Å²) < 4.78 is 38.5. The van der Waals surface area contributed by atoms with Gasteiger partial charge in [-0.2, -0.15) is 13.2 Å². The van der Waals surface area contributed by atoms with Crippen LogP contribution in [-0.2, 0) is 0 Å². The fourth-order valence-corrected chi connectivity index (χ4v) is 2.96. The van der Waals surface area contributed by atoms with E-state index in [0.717, 1.165) is 16.8 Å². The smallest absolute Gasteiger partial charge is 0.348 e. The molecule has 0 radical (unpaired) electrons. The van der Waals surface area contributed by atoms with E-state index in [4.69, 9.17) is 12.2 Å². The van der Waals surface area contributed by atoms with Crippen molar-refractivity contribution in [1.82, 2.24) is 4.90 Å². The number of aryl methyl sites for hydroxylation is 2. The van der Waals surface area contributed by atoms with Gasteiger partial charge in [-0.05, 0) is 62.2 Å². The van der Waals surface area contributed by atoms with E-state index in [1.54, 1.807) is 4.90 Å². The number of likely N-dealkylation sites (tertiary alicyclic amines) is 1. The molecule has 1 heterocycles. The van der Waals surface area contributed by atoms with E-state index in [2.05, 4.69) is 5.32 Å². The largest absolute Gasteiger partial charge is 0.393 e. The van der Waals surface area contributed by atoms with Crippen LogP contribution in [0.5, 0.6) is 0 Å². The van der Waals surface area contributed by atoms with Crippen LogP contribution in [-0.4, -0.2) is 29.3 Å². The van der Waals surface area contributed by atoms with Gasteiger partial charge in [0.05, 0.1) is 5.92 Å². The van der Waals surface area contributed by atoms with Gasteiger partial charge >= 0.3 is 6.18 Å². The van der Waals surface area contributed by atoms with Gasteiger partial charge < -0.3 is 10.2 Å². The molecule has 2 rings (SSSR count). The van der Waals surface area contributed by atoms with Gasteiger partial charge in [-0.25, -0.2) is 0 Å². The highest BCUT2D eigenvalue weighted by atomic mass is 32.1. The second-order valence-corrected chi connectivity index (χ2v) is 6.02. The molecule has 1 saturated heterocycles. The first-order chi connectivity index (χ1) is 9.75. The van der Waals surface area contributed by atoms with Crippen LogP contribution in [0, 0.1) is 19.8 Å². The number of nitrogens with one attached hydrogen (secondary N) is 1. The van der Waals surface area contributed by atoms with E-state index in [0.29, 0.717) is 18.1 Å². The number of rotatable bonds is 1. The fourth-order valence-electron chi connectivity index (χ4n) is 2.68. The van der Waals surface area contributed by atoms with Crippen molar-refractivity contribution in [3.05, 3.63) is 29.3 Å². The zero-order valence-corrected chi connectivity index (χ0v) is 12.9. The lowest BCUT2D eigenvalue weighted by Crippen LogP contribution is -2.46. The third-order valence-corrected chi connectivity index (χ3v) is 4.00. The summed E-state index contributed by atoms with van der Waals surface area (Å²) in [5, 5.41) is 3.42. The van der Waals surface area contributed by atoms with Crippen LogP contribution in [0.2, 0.25) is 0 Å². The molecule has 0 aromatic heterocycles. The number of hydrogen-bond acceptors (Lipinski definition) is 1. The predicted octanol–water partition coefficient (Wildman–Crippen LogP) is 4.27. The number of hydrogen-bond donors (Lipinski definition) is 1. The van der Waals surface area contributed by atoms with Crippen molar-refractivity contribution >= 4 is 23.0 Å². The van der Waals surface area contributed by atoms with Crippen LogP contribution < -0.4 is 5.32 Å². The van der Waals surface area contributed by atoms with E-state index in [1.807, 2.05) is 32.0 Å². The van der Waals surface area contributed by atoms with Crippen molar-refractivity contribution in [3.63, 3.8) is 0 Å². The molecule has 1 N–H and O–H groups in total. The Kier molecular flexibility index (Phi) is 4.76. The summed E-state index contributed by atoms with van der Waals surface area (Å²) in [5.74, 6) is -1.29. The number of halogens is 3. The van der Waals surface area contributed by atoms with Gasteiger partial charge in [-0.1, -0.05) is 6.07 Å². The average Bonchev–Trinajstić information content (AvgIpc) is 2.36. The van der Waals surface area contributed by atoms with Gasteiger partial charge in [0.25, 0.3) is 0 Å². The lowest BCUT2D eigenvalue weighted by Gasteiger charge is -2.35. The molecule has 1 aliphatic rings. The Labute approximate surface area is 128 Å². The minimum atomic E-state index is -4.14. The van der Waals surface area contributed by atoms with Gasteiger partial charge in [0, 0.05) is 18.8 Å². The van der Waals surface area contributed by atoms with Crippen LogP contribution in [0.4, 0.5) is 18.9 Å². The van der Waals surface area contributed by atoms with Crippen molar-refractivity contribution in [2.75, 3.05) is 18.4 Å². The van der Waals surface area contributed by atoms with Crippen molar-refractivity contribution in [3.8, 4) is 0 Å². The molecule has 1 aromatic carbocycles. The monoisotopic (exact) mass is 316 g/mol. The normalized spacial score (nSPS) is 19.5. The molecule has 6 heteroatoms. The van der Waals surface area contributed by atoms with Crippen LogP contribution >= 0.6 is 12.2 Å². The number of benzene rings is 1. The predicted molar refractivity (Wildman–Crippen MR) is 82.5 cm³/mol. The SMILES string of the molecule is Cc1cc(C)cc(NC(=S)N2CCCC(C(F)(F)F)C2)c1. The lowest BCUT2D eigenvalue weighted by atomic mass is 9.98. The maximum absolute atomic E-state index is 12.8. The molecule has 1 unspecified atom stereocenters. The minimum Gasteiger partial charge on any atom is -0.348 e. The van der Waals surface area contributed by atoms with Gasteiger partial charge in [0.2, 0.25) is 0 Å². The van der Waals surface area contributed by atoms with E-state index in [-0.39, 0.29) is 13.0 Å². The molecule has 0 spiro atoms. The summed E-state index contributed by atoms with van der Waals surface area (Å²) in [6.07, 6.45) is -3.45. The molecule has 21 heavy (non-hydrogen) atoms. The highest BCUT2D eigenvalue weighted by Gasteiger charge is 2.42. The fraction of sp³-hybridized carbons (Fsp3) is 0.533. The first-order valence-corrected chi connectivity index (χ1v) is 7.37. The zero-order chi connectivity index (χ0) is 15.6. The van der Waals surface area contributed by atoms with Crippen molar-refractivity contribution in [1.29, 1.82) is 0 Å². The van der Waals surface area contributed by atoms with Crippen molar-refractivity contribution in [2.24, 2.45) is 5.92 Å². The van der Waals surface area contributed by atoms with Crippen molar-refractivity contribution < 1.29 is 13.2 Å². The van der Waals surface area contributed by atoms with Crippen LogP contribution in [0.25, 0.3) is 0 Å². The molecular formula is C15H19F3N2S. The first-order valence-electron chi connectivity index (χ1n) is 6.96. The summed E-state index contributed by atoms with van der Waals surface area (Å²) in [4.78, 5) is 1.62. The summed E-state index contributed by atoms with van der Waals surface area (Å²) >= 11 is 5.27. The second-order valence-electron chi connectivity index (χ2n) is 5.63. The third kappa shape index (κ3) is 4.33. The molecule has 0 saturated carbocycles. The molecule has 116 valence electrons. The maximum Gasteiger partial charge on any atom is 0.393 e. The highest BCUT2D eigenvalue weighted by Crippen LogP contribution is 2.33. The molecule has 0 amide bonds. The van der Waals surface area contributed by atoms with E-state index >= 15 is 0 Å². The minimum absolute atomic E-state index is 0.0554. The Balaban J connectivity index is 2.03. The first kappa shape index (κ1) is 16.1. The number of nitrogens with zero attached hydrogens (tertiary/aromatic N) is 1. The highest BCUT2D eigenvalue weighted by molar-refractivity contribution is 7.80. The van der Waals surface area contributed by atoms with Gasteiger partial charge in [0.1, 0.15) is 0 Å². The molecule has 1 aromatic rings. The molecule has 0 aliphatic carbocycles. The Morgan fingerprint density at radius 2 is 1.86 bits per heavy atom. The quantitative estimate of drug-likeness (QED) is 0.779. The Hall–Kier alpha value is -1.30. The van der Waals surface area contributed by atoms with Crippen LogP contribution in [0.3, 0.4) is 0 Å². The third-order valence-electron chi connectivity index (χ3n) is 3.64. The number of piperidine rings is 1. The van der Waals surface area contributed by atoms with E-state index < -0.39 is 12.1 Å². The summed E-state index contributed by atoms with van der Waals surface area (Å²) in [6.45, 7) is 4.47. The molecule has 0 bridgehead atoms. The van der Waals surface area contributed by atoms with Crippen LogP contribution in [0.15, 0.2) is 18.2 Å². The molecule has 1 atom stereocenters. The second kappa shape index (κ2) is 6.22. The Morgan fingerprint density at radius 3 is 2.43 bits per heavy atom. The van der Waals surface area contributed by atoms with E-state index in [1.165, 1.54) is 0 Å². The summed E-state index contributed by atoms with van der Waals surface area (Å²) in [7, 11) is 0. The zero-order valence-electron chi connectivity index (χ0n) is 12.1. The molecular weight excluding hydrogens is 297 g/mol. The summed E-state index contributed by atoms with van der Waals surface area (Å²) in [5.41, 5.74) is 3.01. The topological polar surface area (TPSA) is 15.3 Å². The summed E-state index contributed by atoms with van der Waals surface area (Å²) in [6, 6.07) is 5.91. The van der Waals surface area contributed by atoms with E-state index in [9.17, 15) is 13.2 Å². The van der Waals surface area contributed by atoms with Gasteiger partial charge in [0.15, 0.2) is 5.11 Å². The van der Waals surface area contributed by atoms with Crippen molar-refractivity contribution in [2.45, 2.75) is 32.9 Å². The maximum atomic E-state index is 12.8. The van der Waals surface area contributed by atoms with Gasteiger partial charge in [-0.15, -0.1) is 0 Å². The van der Waals surface area contributed by atoms with Crippen LogP contribution in [0.1, 0.15) is 24.0 Å². The lowest BCUT2D eigenvalue weighted by molar-refractivity contribution is -0.183. The average molecular weight is 316 g/mol. The molecule has 1 fully saturated rings. The molecule has 2 nitrogen and oxygen atoms in total. The number of thiocarbonyl (C=S) groups is 1. The number of alkyl halides is 3. The molecule has 1 aliphatic heterocycles. The number of anilines is 1. The Morgan fingerprint density at radius 1 is 1.24 bits per heavy atom.